The van der Waals surface area contributed by atoms with E-state index in [0.29, 0.717) is 0 Å². The molecular formula is C25H32O16. The van der Waals surface area contributed by atoms with E-state index in [0.717, 1.165) is 41.1 Å². The van der Waals surface area contributed by atoms with Gasteiger partial charge in [-0.15, -0.1) is 0 Å². The molecule has 3 aliphatic rings. The maximum atomic E-state index is 12.4. The molecule has 0 aromatic rings. The van der Waals surface area contributed by atoms with E-state index in [1.165, 1.54) is 0 Å². The Balaban J connectivity index is 2.05. The van der Waals surface area contributed by atoms with Crippen molar-refractivity contribution in [2.75, 3.05) is 20.3 Å². The summed E-state index contributed by atoms with van der Waals surface area (Å²) in [6.07, 6.45) is -10.7. The van der Waals surface area contributed by atoms with Crippen molar-refractivity contribution >= 4 is 35.8 Å². The van der Waals surface area contributed by atoms with Gasteiger partial charge in [-0.2, -0.15) is 0 Å². The summed E-state index contributed by atoms with van der Waals surface area (Å²) in [6, 6.07) is 0. The molecule has 0 amide bonds. The van der Waals surface area contributed by atoms with Gasteiger partial charge in [0.05, 0.1) is 45.3 Å². The summed E-state index contributed by atoms with van der Waals surface area (Å²) in [7, 11) is 1.08. The lowest BCUT2D eigenvalue weighted by molar-refractivity contribution is -0.344. The smallest absolute Gasteiger partial charge is 0.337 e. The molecule has 3 heterocycles. The highest BCUT2D eigenvalue weighted by Gasteiger charge is 2.56. The summed E-state index contributed by atoms with van der Waals surface area (Å²) in [6.45, 7) is 3.58. The van der Waals surface area contributed by atoms with Gasteiger partial charge in [0.15, 0.2) is 18.3 Å². The highest BCUT2D eigenvalue weighted by Crippen LogP contribution is 2.42. The van der Waals surface area contributed by atoms with Crippen molar-refractivity contribution in [2.24, 2.45) is 11.8 Å². The van der Waals surface area contributed by atoms with Gasteiger partial charge >= 0.3 is 35.8 Å². The molecule has 2 saturated heterocycles. The third-order valence-corrected chi connectivity index (χ3v) is 6.17. The van der Waals surface area contributed by atoms with Gasteiger partial charge in [0.25, 0.3) is 0 Å². The summed E-state index contributed by atoms with van der Waals surface area (Å²) in [5.74, 6) is -7.97. The zero-order chi connectivity index (χ0) is 31.4. The van der Waals surface area contributed by atoms with Gasteiger partial charge in [0, 0.05) is 33.6 Å². The number of carboxylic acids is 1. The summed E-state index contributed by atoms with van der Waals surface area (Å²) < 4.78 is 57.3. The Labute approximate surface area is 235 Å². The van der Waals surface area contributed by atoms with E-state index in [-0.39, 0.29) is 12.2 Å². The van der Waals surface area contributed by atoms with E-state index in [9.17, 15) is 33.9 Å². The molecule has 0 aromatic heterocycles. The minimum absolute atomic E-state index is 0.163. The van der Waals surface area contributed by atoms with Gasteiger partial charge in [0.2, 0.25) is 12.6 Å². The molecule has 0 saturated carbocycles. The largest absolute Gasteiger partial charge is 0.481 e. The minimum Gasteiger partial charge on any atom is -0.481 e. The number of rotatable bonds is 11. The van der Waals surface area contributed by atoms with Crippen molar-refractivity contribution < 1.29 is 77.9 Å². The van der Waals surface area contributed by atoms with Crippen LogP contribution in [0.5, 0.6) is 0 Å². The Morgan fingerprint density at radius 3 is 2.02 bits per heavy atom. The zero-order valence-corrected chi connectivity index (χ0v) is 22.9. The van der Waals surface area contributed by atoms with Gasteiger partial charge in [-0.25, -0.2) is 4.79 Å². The number of ether oxygens (including phenoxy) is 9. The molecule has 9 atom stereocenters. The molecule has 16 nitrogen and oxygen atoms in total. The van der Waals surface area contributed by atoms with Crippen LogP contribution in [0.15, 0.2) is 11.8 Å². The molecule has 3 rings (SSSR count). The fourth-order valence-corrected chi connectivity index (χ4v) is 4.60. The van der Waals surface area contributed by atoms with E-state index < -0.39 is 104 Å². The number of carboxylic acid groups (broad SMARTS) is 1. The quantitative estimate of drug-likeness (QED) is 0.185. The fourth-order valence-electron chi connectivity index (χ4n) is 4.60. The van der Waals surface area contributed by atoms with Gasteiger partial charge in [0.1, 0.15) is 12.7 Å². The van der Waals surface area contributed by atoms with E-state index >= 15 is 0 Å². The van der Waals surface area contributed by atoms with E-state index in [2.05, 4.69) is 0 Å². The third kappa shape index (κ3) is 8.37. The highest BCUT2D eigenvalue weighted by molar-refractivity contribution is 5.89. The van der Waals surface area contributed by atoms with Crippen LogP contribution in [-0.2, 0) is 71.4 Å². The van der Waals surface area contributed by atoms with Crippen molar-refractivity contribution in [3.63, 3.8) is 0 Å². The van der Waals surface area contributed by atoms with Crippen molar-refractivity contribution in [3.05, 3.63) is 11.8 Å². The second kappa shape index (κ2) is 13.7. The topological polar surface area (TPSA) is 209 Å². The maximum Gasteiger partial charge on any atom is 0.337 e. The van der Waals surface area contributed by atoms with Crippen LogP contribution in [0.2, 0.25) is 0 Å². The minimum atomic E-state index is -1.75. The molecule has 228 valence electrons. The van der Waals surface area contributed by atoms with Crippen LogP contribution >= 0.6 is 0 Å². The average molecular weight is 590 g/mol. The van der Waals surface area contributed by atoms with Gasteiger partial charge in [-0.3, -0.25) is 24.0 Å². The van der Waals surface area contributed by atoms with Crippen LogP contribution in [0.25, 0.3) is 0 Å². The molecule has 0 unspecified atom stereocenters. The Morgan fingerprint density at radius 1 is 0.927 bits per heavy atom. The van der Waals surface area contributed by atoms with Crippen molar-refractivity contribution in [1.29, 1.82) is 0 Å². The number of methoxy groups -OCH3 is 1. The number of hydrogen-bond donors (Lipinski definition) is 1. The summed E-state index contributed by atoms with van der Waals surface area (Å²) >= 11 is 0. The van der Waals surface area contributed by atoms with E-state index in [4.69, 9.17) is 44.0 Å². The SMILES string of the molecule is [2H][C@]1([C@H]2[C@H](O[C@@H]3O[C@H](COC(C)=O)[C@@H](OC(C)=O)[C@H](OC(C)=O)[C@H]3OC(C)=O)OC=C(C(=O)OC)[C@H]2CC(=O)O)CO1. The summed E-state index contributed by atoms with van der Waals surface area (Å²) in [5, 5.41) is 9.57. The van der Waals surface area contributed by atoms with Gasteiger partial charge < -0.3 is 47.7 Å². The lowest BCUT2D eigenvalue weighted by atomic mass is 9.79. The molecule has 0 aromatic carbocycles. The fraction of sp³-hybridized carbons (Fsp3) is 0.680. The Morgan fingerprint density at radius 2 is 1.51 bits per heavy atom. The molecule has 0 bridgehead atoms. The first-order valence-corrected chi connectivity index (χ1v) is 12.4. The van der Waals surface area contributed by atoms with Crippen LogP contribution in [0.3, 0.4) is 0 Å². The molecule has 1 N–H and O–H groups in total. The summed E-state index contributed by atoms with van der Waals surface area (Å²) in [4.78, 5) is 71.9. The number of carbonyl (C=O) groups is 6. The molecule has 0 aliphatic carbocycles. The van der Waals surface area contributed by atoms with E-state index in [1.807, 2.05) is 0 Å². The second-order valence-corrected chi connectivity index (χ2v) is 9.26. The van der Waals surface area contributed by atoms with Crippen molar-refractivity contribution in [3.8, 4) is 0 Å². The standard InChI is InChI=1S/C25H32O16/c1-10(26)34-9-17-20(37-11(2)27)21(38-12(3)28)22(39-13(4)29)25(40-17)41-24-19(16-8-35-16)14(6-18(30)31)15(7-36-24)23(32)33-5/h7,14,16-17,19-22,24-25H,6,8-9H2,1-5H3,(H,30,31)/t14-,16-,17-,19+,20-,21+,22-,24+,25+/m1/s1/i16D. The number of aliphatic carboxylic acids is 1. The number of epoxide rings is 1. The molecule has 16 heteroatoms. The Kier molecular flexibility index (Phi) is 10.1. The zero-order valence-electron chi connectivity index (χ0n) is 23.9. The molecule has 3 aliphatic heterocycles. The van der Waals surface area contributed by atoms with Crippen molar-refractivity contribution in [1.82, 2.24) is 0 Å². The molecule has 0 radical (unpaired) electrons. The monoisotopic (exact) mass is 589 g/mol. The van der Waals surface area contributed by atoms with Crippen LogP contribution in [0.4, 0.5) is 0 Å². The lowest BCUT2D eigenvalue weighted by Crippen LogP contribution is -2.63. The number of esters is 5. The van der Waals surface area contributed by atoms with Gasteiger partial charge in [-0.1, -0.05) is 0 Å². The molecule has 0 spiro atoms. The highest BCUT2D eigenvalue weighted by atomic mass is 16.8. The second-order valence-electron chi connectivity index (χ2n) is 9.26. The normalized spacial score (nSPS) is 34.5. The number of carbonyl (C=O) groups excluding carboxylic acids is 5. The van der Waals surface area contributed by atoms with Crippen LogP contribution < -0.4 is 0 Å². The summed E-state index contributed by atoms with van der Waals surface area (Å²) in [5.41, 5.74) is -0.187. The molecule has 2 fully saturated rings. The van der Waals surface area contributed by atoms with E-state index in [1.54, 1.807) is 0 Å². The van der Waals surface area contributed by atoms with Crippen LogP contribution in [-0.4, -0.2) is 104 Å². The average Bonchev–Trinajstić information content (AvgIpc) is 3.62. The van der Waals surface area contributed by atoms with Crippen LogP contribution in [0, 0.1) is 11.8 Å². The first kappa shape index (κ1) is 30.2. The first-order valence-electron chi connectivity index (χ1n) is 12.9. The first-order chi connectivity index (χ1) is 19.7. The molecule has 41 heavy (non-hydrogen) atoms. The Bertz CT molecular complexity index is 1120. The molecular weight excluding hydrogens is 556 g/mol. The maximum absolute atomic E-state index is 12.4. The van der Waals surface area contributed by atoms with Gasteiger partial charge in [-0.05, 0) is 0 Å². The predicted molar refractivity (Wildman–Crippen MR) is 127 cm³/mol. The third-order valence-electron chi connectivity index (χ3n) is 6.17. The predicted octanol–water partition coefficient (Wildman–Crippen LogP) is -0.395. The lowest BCUT2D eigenvalue weighted by Gasteiger charge is -2.46. The number of hydrogen-bond acceptors (Lipinski definition) is 15. The Hall–Kier alpha value is -3.76. The van der Waals surface area contributed by atoms with Crippen LogP contribution in [0.1, 0.15) is 35.5 Å². The van der Waals surface area contributed by atoms with Crippen molar-refractivity contribution in [2.45, 2.75) is 77.2 Å².